The summed E-state index contributed by atoms with van der Waals surface area (Å²) < 4.78 is 10.9. The van der Waals surface area contributed by atoms with E-state index in [-0.39, 0.29) is 17.7 Å². The third kappa shape index (κ3) is 2.29. The molecule has 0 unspecified atom stereocenters. The van der Waals surface area contributed by atoms with E-state index in [4.69, 9.17) is 9.47 Å². The second-order valence-corrected chi connectivity index (χ2v) is 5.45. The summed E-state index contributed by atoms with van der Waals surface area (Å²) >= 11 is 0. The standard InChI is InChI=1S/C14H18O3/c1-14-9-16-13(15)8-11-4-2-3-10(7-11)5-6-12(14)17-14/h3,8,12H,2,4-7,9H2,1H3/b11-8-/t12-,14-/m1/s1. The molecule has 1 aliphatic carbocycles. The Morgan fingerprint density at radius 3 is 3.12 bits per heavy atom. The summed E-state index contributed by atoms with van der Waals surface area (Å²) in [5, 5.41) is 0. The van der Waals surface area contributed by atoms with Crippen LogP contribution in [-0.4, -0.2) is 24.3 Å². The van der Waals surface area contributed by atoms with Crippen LogP contribution in [0.2, 0.25) is 0 Å². The molecule has 1 saturated heterocycles. The Hall–Kier alpha value is -1.09. The Morgan fingerprint density at radius 1 is 1.35 bits per heavy atom. The first-order valence-corrected chi connectivity index (χ1v) is 6.38. The molecule has 1 fully saturated rings. The highest BCUT2D eigenvalue weighted by molar-refractivity contribution is 5.83. The van der Waals surface area contributed by atoms with E-state index in [2.05, 4.69) is 6.08 Å². The van der Waals surface area contributed by atoms with Crippen LogP contribution >= 0.6 is 0 Å². The number of hydrogen-bond acceptors (Lipinski definition) is 3. The van der Waals surface area contributed by atoms with Gasteiger partial charge in [0.2, 0.25) is 0 Å². The van der Waals surface area contributed by atoms with Gasteiger partial charge < -0.3 is 9.47 Å². The number of carbonyl (C=O) groups is 1. The topological polar surface area (TPSA) is 38.8 Å². The highest BCUT2D eigenvalue weighted by Gasteiger charge is 2.52. The van der Waals surface area contributed by atoms with Crippen molar-refractivity contribution in [1.29, 1.82) is 0 Å². The van der Waals surface area contributed by atoms with Gasteiger partial charge in [-0.1, -0.05) is 17.2 Å². The molecule has 0 saturated carbocycles. The number of hydrogen-bond donors (Lipinski definition) is 0. The van der Waals surface area contributed by atoms with Crippen molar-refractivity contribution in [2.24, 2.45) is 0 Å². The number of allylic oxidation sites excluding steroid dienone is 3. The van der Waals surface area contributed by atoms with Crippen molar-refractivity contribution in [3.8, 4) is 0 Å². The summed E-state index contributed by atoms with van der Waals surface area (Å²) in [6, 6.07) is 0. The van der Waals surface area contributed by atoms with Crippen molar-refractivity contribution in [3.63, 3.8) is 0 Å². The second kappa shape index (κ2) is 3.98. The number of rotatable bonds is 0. The lowest BCUT2D eigenvalue weighted by molar-refractivity contribution is -0.139. The van der Waals surface area contributed by atoms with Gasteiger partial charge in [0.25, 0.3) is 0 Å². The van der Waals surface area contributed by atoms with Gasteiger partial charge in [-0.25, -0.2) is 4.79 Å². The number of esters is 1. The zero-order valence-corrected chi connectivity index (χ0v) is 10.2. The van der Waals surface area contributed by atoms with Gasteiger partial charge >= 0.3 is 5.97 Å². The van der Waals surface area contributed by atoms with Crippen molar-refractivity contribution in [2.75, 3.05) is 6.61 Å². The molecule has 3 heteroatoms. The largest absolute Gasteiger partial charge is 0.459 e. The van der Waals surface area contributed by atoms with Gasteiger partial charge in [0, 0.05) is 6.08 Å². The SMILES string of the molecule is C[C@@]12COC(=O)/C=C3/CCC=C(CC[C@H]1O2)C3. The molecule has 92 valence electrons. The minimum Gasteiger partial charge on any atom is -0.459 e. The second-order valence-electron chi connectivity index (χ2n) is 5.45. The zero-order chi connectivity index (χ0) is 11.9. The average molecular weight is 234 g/mol. The quantitative estimate of drug-likeness (QED) is 0.367. The molecule has 0 radical (unpaired) electrons. The molecule has 0 spiro atoms. The van der Waals surface area contributed by atoms with Gasteiger partial charge in [-0.15, -0.1) is 0 Å². The maximum atomic E-state index is 11.6. The highest BCUT2D eigenvalue weighted by Crippen LogP contribution is 2.41. The predicted octanol–water partition coefficient (Wildman–Crippen LogP) is 2.52. The number of fused-ring (bicyclic) bond motifs is 3. The molecule has 2 aliphatic heterocycles. The summed E-state index contributed by atoms with van der Waals surface area (Å²) in [6.45, 7) is 2.41. The molecule has 0 aromatic heterocycles. The summed E-state index contributed by atoms with van der Waals surface area (Å²) in [7, 11) is 0. The summed E-state index contributed by atoms with van der Waals surface area (Å²) in [5.74, 6) is -0.210. The molecule has 17 heavy (non-hydrogen) atoms. The molecule has 2 heterocycles. The van der Waals surface area contributed by atoms with Crippen LogP contribution in [0.4, 0.5) is 0 Å². The molecule has 2 atom stereocenters. The van der Waals surface area contributed by atoms with E-state index in [0.717, 1.165) is 32.1 Å². The monoisotopic (exact) mass is 234 g/mol. The van der Waals surface area contributed by atoms with Crippen LogP contribution in [-0.2, 0) is 14.3 Å². The first kappa shape index (κ1) is 11.0. The Bertz CT molecular complexity index is 408. The Morgan fingerprint density at radius 2 is 2.24 bits per heavy atom. The minimum atomic E-state index is -0.229. The fourth-order valence-electron chi connectivity index (χ4n) is 2.75. The van der Waals surface area contributed by atoms with Crippen LogP contribution in [0.15, 0.2) is 23.3 Å². The van der Waals surface area contributed by atoms with Gasteiger partial charge in [-0.05, 0) is 39.0 Å². The molecule has 0 aromatic carbocycles. The number of carbonyl (C=O) groups excluding carboxylic acids is 1. The molecular weight excluding hydrogens is 216 g/mol. The van der Waals surface area contributed by atoms with Crippen LogP contribution in [0.3, 0.4) is 0 Å². The Balaban J connectivity index is 1.80. The zero-order valence-electron chi connectivity index (χ0n) is 10.2. The average Bonchev–Trinajstić information content (AvgIpc) is 2.96. The molecule has 2 bridgehead atoms. The first-order chi connectivity index (χ1) is 8.16. The van der Waals surface area contributed by atoms with E-state index in [9.17, 15) is 4.79 Å². The van der Waals surface area contributed by atoms with Gasteiger partial charge in [0.05, 0.1) is 6.10 Å². The molecule has 3 aliphatic rings. The lowest BCUT2D eigenvalue weighted by Gasteiger charge is -2.15. The fraction of sp³-hybridized carbons (Fsp3) is 0.643. The first-order valence-electron chi connectivity index (χ1n) is 6.38. The van der Waals surface area contributed by atoms with Gasteiger partial charge in [0.15, 0.2) is 0 Å². The summed E-state index contributed by atoms with van der Waals surface area (Å²) in [6.07, 6.45) is 9.39. The molecule has 0 aromatic rings. The van der Waals surface area contributed by atoms with Gasteiger partial charge in [-0.3, -0.25) is 0 Å². The van der Waals surface area contributed by atoms with Crippen molar-refractivity contribution >= 4 is 5.97 Å². The van der Waals surface area contributed by atoms with Gasteiger partial charge in [0.1, 0.15) is 12.2 Å². The van der Waals surface area contributed by atoms with Crippen LogP contribution in [0.1, 0.15) is 39.0 Å². The van der Waals surface area contributed by atoms with E-state index >= 15 is 0 Å². The molecule has 0 N–H and O–H groups in total. The maximum Gasteiger partial charge on any atom is 0.330 e. The third-order valence-electron chi connectivity index (χ3n) is 3.94. The van der Waals surface area contributed by atoms with E-state index < -0.39 is 0 Å². The highest BCUT2D eigenvalue weighted by atomic mass is 16.6. The summed E-state index contributed by atoms with van der Waals surface area (Å²) in [5.41, 5.74) is 2.44. The van der Waals surface area contributed by atoms with Crippen LogP contribution in [0.25, 0.3) is 0 Å². The van der Waals surface area contributed by atoms with E-state index in [1.165, 1.54) is 11.1 Å². The minimum absolute atomic E-state index is 0.210. The van der Waals surface area contributed by atoms with Crippen molar-refractivity contribution in [1.82, 2.24) is 0 Å². The molecule has 0 amide bonds. The van der Waals surface area contributed by atoms with E-state index in [1.54, 1.807) is 6.08 Å². The van der Waals surface area contributed by atoms with Crippen LogP contribution in [0, 0.1) is 0 Å². The third-order valence-corrected chi connectivity index (χ3v) is 3.94. The lowest BCUT2D eigenvalue weighted by Crippen LogP contribution is -2.20. The van der Waals surface area contributed by atoms with Crippen molar-refractivity contribution in [2.45, 2.75) is 50.7 Å². The Kier molecular flexibility index (Phi) is 2.58. The maximum absolute atomic E-state index is 11.6. The number of epoxide rings is 1. The van der Waals surface area contributed by atoms with Crippen molar-refractivity contribution < 1.29 is 14.3 Å². The number of cyclic esters (lactones) is 1. The summed E-state index contributed by atoms with van der Waals surface area (Å²) in [4.78, 5) is 11.6. The molecule has 3 rings (SSSR count). The van der Waals surface area contributed by atoms with E-state index in [0.29, 0.717) is 6.61 Å². The van der Waals surface area contributed by atoms with E-state index in [1.807, 2.05) is 6.92 Å². The normalized spacial score (nSPS) is 40.1. The molecular formula is C14H18O3. The van der Waals surface area contributed by atoms with Crippen LogP contribution in [0.5, 0.6) is 0 Å². The Labute approximate surface area is 101 Å². The number of ether oxygens (including phenoxy) is 2. The predicted molar refractivity (Wildman–Crippen MR) is 63.5 cm³/mol. The van der Waals surface area contributed by atoms with Crippen LogP contribution < -0.4 is 0 Å². The van der Waals surface area contributed by atoms with Crippen molar-refractivity contribution in [3.05, 3.63) is 23.3 Å². The fourth-order valence-corrected chi connectivity index (χ4v) is 2.75. The lowest BCUT2D eigenvalue weighted by atomic mass is 9.90. The molecule has 3 nitrogen and oxygen atoms in total. The van der Waals surface area contributed by atoms with Gasteiger partial charge in [-0.2, -0.15) is 0 Å². The smallest absolute Gasteiger partial charge is 0.330 e.